The van der Waals surface area contributed by atoms with Gasteiger partial charge < -0.3 is 23.6 Å². The average Bonchev–Trinajstić information content (AvgIpc) is 3.42. The molecule has 0 saturated heterocycles. The van der Waals surface area contributed by atoms with Gasteiger partial charge in [0.25, 0.3) is 5.91 Å². The Kier molecular flexibility index (Phi) is 4.43. The van der Waals surface area contributed by atoms with Gasteiger partial charge in [-0.1, -0.05) is 19.1 Å². The van der Waals surface area contributed by atoms with E-state index in [9.17, 15) is 14.7 Å². The molecular formula is C21H19NO6. The fourth-order valence-electron chi connectivity index (χ4n) is 3.54. The number of ketones is 1. The molecule has 144 valence electrons. The number of furan rings is 2. The Labute approximate surface area is 160 Å². The van der Waals surface area contributed by atoms with Gasteiger partial charge in [0.2, 0.25) is 5.78 Å². The number of carbonyl (C=O) groups is 2. The number of ether oxygens (including phenoxy) is 1. The minimum Gasteiger partial charge on any atom is -0.503 e. The van der Waals surface area contributed by atoms with Gasteiger partial charge >= 0.3 is 0 Å². The Morgan fingerprint density at radius 2 is 2.11 bits per heavy atom. The van der Waals surface area contributed by atoms with Crippen LogP contribution in [0.25, 0.3) is 11.0 Å². The Morgan fingerprint density at radius 3 is 2.79 bits per heavy atom. The summed E-state index contributed by atoms with van der Waals surface area (Å²) in [4.78, 5) is 27.3. The number of methoxy groups -OCH3 is 1. The Morgan fingerprint density at radius 1 is 1.29 bits per heavy atom. The van der Waals surface area contributed by atoms with Crippen LogP contribution in [0.5, 0.6) is 5.75 Å². The number of rotatable bonds is 6. The second kappa shape index (κ2) is 6.92. The van der Waals surface area contributed by atoms with Crippen LogP contribution in [0.15, 0.2) is 62.8 Å². The first-order valence-electron chi connectivity index (χ1n) is 8.95. The summed E-state index contributed by atoms with van der Waals surface area (Å²) >= 11 is 0. The molecule has 3 heterocycles. The van der Waals surface area contributed by atoms with Crippen molar-refractivity contribution in [3.05, 3.63) is 65.5 Å². The maximum Gasteiger partial charge on any atom is 0.290 e. The molecular weight excluding hydrogens is 362 g/mol. The number of benzene rings is 1. The van der Waals surface area contributed by atoms with Gasteiger partial charge in [-0.15, -0.1) is 0 Å². The molecule has 1 aliphatic heterocycles. The van der Waals surface area contributed by atoms with Gasteiger partial charge in [-0.05, 0) is 30.7 Å². The fourth-order valence-corrected chi connectivity index (χ4v) is 3.54. The monoisotopic (exact) mass is 381 g/mol. The molecule has 1 unspecified atom stereocenters. The number of nitrogens with zero attached hydrogens (tertiary/aromatic N) is 1. The number of Topliss-reactive ketones (excluding diaryl/α,β-unsaturated/α-hetero) is 1. The Hall–Kier alpha value is -3.48. The largest absolute Gasteiger partial charge is 0.503 e. The lowest BCUT2D eigenvalue weighted by Crippen LogP contribution is -2.31. The molecule has 1 amide bonds. The van der Waals surface area contributed by atoms with E-state index in [4.69, 9.17) is 13.6 Å². The topological polar surface area (TPSA) is 93.1 Å². The molecule has 7 nitrogen and oxygen atoms in total. The first-order valence-corrected chi connectivity index (χ1v) is 8.95. The van der Waals surface area contributed by atoms with Crippen LogP contribution in [0.3, 0.4) is 0 Å². The van der Waals surface area contributed by atoms with E-state index >= 15 is 0 Å². The van der Waals surface area contributed by atoms with Crippen molar-refractivity contribution in [2.75, 3.05) is 13.7 Å². The molecule has 1 aliphatic rings. The zero-order valence-corrected chi connectivity index (χ0v) is 15.5. The van der Waals surface area contributed by atoms with Crippen molar-refractivity contribution in [1.82, 2.24) is 4.90 Å². The third-order valence-electron chi connectivity index (χ3n) is 4.78. The van der Waals surface area contributed by atoms with Crippen molar-refractivity contribution in [2.24, 2.45) is 0 Å². The minimum absolute atomic E-state index is 0.0174. The first kappa shape index (κ1) is 17.9. The molecule has 7 heteroatoms. The highest BCUT2D eigenvalue weighted by Crippen LogP contribution is 2.40. The van der Waals surface area contributed by atoms with Crippen LogP contribution in [-0.2, 0) is 4.79 Å². The molecule has 1 atom stereocenters. The summed E-state index contributed by atoms with van der Waals surface area (Å²) < 4.78 is 16.5. The number of para-hydroxylation sites is 1. The van der Waals surface area contributed by atoms with Crippen LogP contribution in [0.1, 0.15) is 35.7 Å². The van der Waals surface area contributed by atoms with Crippen LogP contribution >= 0.6 is 0 Å². The number of carbonyl (C=O) groups excluding carboxylic acids is 2. The van der Waals surface area contributed by atoms with Crippen molar-refractivity contribution in [3.8, 4) is 5.75 Å². The van der Waals surface area contributed by atoms with Crippen LogP contribution in [0, 0.1) is 0 Å². The minimum atomic E-state index is -0.801. The zero-order chi connectivity index (χ0) is 19.8. The molecule has 0 radical (unpaired) electrons. The highest BCUT2D eigenvalue weighted by Gasteiger charge is 2.45. The van der Waals surface area contributed by atoms with Crippen LogP contribution in [0.4, 0.5) is 0 Å². The van der Waals surface area contributed by atoms with Gasteiger partial charge in [0.15, 0.2) is 22.9 Å². The molecule has 0 bridgehead atoms. The third-order valence-corrected chi connectivity index (χ3v) is 4.78. The predicted molar refractivity (Wildman–Crippen MR) is 100 cm³/mol. The van der Waals surface area contributed by atoms with E-state index in [2.05, 4.69) is 0 Å². The Balaban J connectivity index is 1.81. The van der Waals surface area contributed by atoms with E-state index in [1.165, 1.54) is 18.3 Å². The second-order valence-corrected chi connectivity index (χ2v) is 6.50. The van der Waals surface area contributed by atoms with E-state index in [-0.39, 0.29) is 11.3 Å². The van der Waals surface area contributed by atoms with Gasteiger partial charge in [0.05, 0.1) is 18.9 Å². The van der Waals surface area contributed by atoms with E-state index in [1.807, 2.05) is 6.92 Å². The highest BCUT2D eigenvalue weighted by molar-refractivity contribution is 6.16. The molecule has 3 aromatic rings. The highest BCUT2D eigenvalue weighted by atomic mass is 16.5. The lowest BCUT2D eigenvalue weighted by Gasteiger charge is -2.23. The predicted octanol–water partition coefficient (Wildman–Crippen LogP) is 4.02. The van der Waals surface area contributed by atoms with E-state index in [0.717, 1.165) is 0 Å². The molecule has 2 aromatic heterocycles. The molecule has 1 N–H and O–H groups in total. The summed E-state index contributed by atoms with van der Waals surface area (Å²) in [6, 6.07) is 9.43. The molecule has 1 aromatic carbocycles. The molecule has 0 spiro atoms. The Bertz CT molecular complexity index is 1080. The fraction of sp³-hybridized carbons (Fsp3) is 0.238. The third kappa shape index (κ3) is 2.67. The first-order chi connectivity index (χ1) is 13.6. The average molecular weight is 381 g/mol. The summed E-state index contributed by atoms with van der Waals surface area (Å²) in [5.74, 6) is -0.823. The number of hydrogen-bond donors (Lipinski definition) is 1. The maximum absolute atomic E-state index is 13.3. The van der Waals surface area contributed by atoms with E-state index < -0.39 is 23.5 Å². The van der Waals surface area contributed by atoms with Gasteiger partial charge in [0, 0.05) is 11.9 Å². The molecule has 0 aliphatic carbocycles. The molecule has 0 fully saturated rings. The number of aliphatic hydroxyl groups is 1. The lowest BCUT2D eigenvalue weighted by atomic mass is 9.99. The summed E-state index contributed by atoms with van der Waals surface area (Å²) in [6.07, 6.45) is 2.13. The van der Waals surface area contributed by atoms with Crippen molar-refractivity contribution in [2.45, 2.75) is 19.4 Å². The van der Waals surface area contributed by atoms with Gasteiger partial charge in [-0.25, -0.2) is 0 Å². The number of aliphatic hydroxyl groups excluding tert-OH is 1. The SMILES string of the molecule is CCCN1C(=O)C(O)=C(C(=O)c2cc3cccc(OC)c3o2)C1c1ccco1. The van der Waals surface area contributed by atoms with Crippen LogP contribution in [0.2, 0.25) is 0 Å². The van der Waals surface area contributed by atoms with Crippen molar-refractivity contribution >= 4 is 22.7 Å². The standard InChI is InChI=1S/C21H19NO6/c1-3-9-22-17(13-8-5-10-27-13)16(19(24)21(22)25)18(23)15-11-12-6-4-7-14(26-2)20(12)28-15/h4-8,10-11,17,24H,3,9H2,1-2H3. The molecule has 4 rings (SSSR count). The maximum atomic E-state index is 13.3. The second-order valence-electron chi connectivity index (χ2n) is 6.50. The lowest BCUT2D eigenvalue weighted by molar-refractivity contribution is -0.129. The number of fused-ring (bicyclic) bond motifs is 1. The van der Waals surface area contributed by atoms with E-state index in [0.29, 0.717) is 35.4 Å². The number of hydrogen-bond acceptors (Lipinski definition) is 6. The quantitative estimate of drug-likeness (QED) is 0.648. The molecule has 28 heavy (non-hydrogen) atoms. The summed E-state index contributed by atoms with van der Waals surface area (Å²) in [6.45, 7) is 2.29. The van der Waals surface area contributed by atoms with Gasteiger partial charge in [-0.2, -0.15) is 0 Å². The van der Waals surface area contributed by atoms with Crippen LogP contribution < -0.4 is 4.74 Å². The van der Waals surface area contributed by atoms with Gasteiger partial charge in [-0.3, -0.25) is 9.59 Å². The summed E-state index contributed by atoms with van der Waals surface area (Å²) in [5, 5.41) is 11.2. The molecule has 0 saturated carbocycles. The smallest absolute Gasteiger partial charge is 0.290 e. The van der Waals surface area contributed by atoms with Crippen molar-refractivity contribution < 1.29 is 28.3 Å². The van der Waals surface area contributed by atoms with Gasteiger partial charge in [0.1, 0.15) is 11.8 Å². The summed E-state index contributed by atoms with van der Waals surface area (Å²) in [7, 11) is 1.51. The zero-order valence-electron chi connectivity index (χ0n) is 15.5. The number of amides is 1. The van der Waals surface area contributed by atoms with E-state index in [1.54, 1.807) is 36.4 Å². The van der Waals surface area contributed by atoms with Crippen molar-refractivity contribution in [1.29, 1.82) is 0 Å². The van der Waals surface area contributed by atoms with Crippen molar-refractivity contribution in [3.63, 3.8) is 0 Å². The van der Waals surface area contributed by atoms with Crippen LogP contribution in [-0.4, -0.2) is 35.4 Å². The summed E-state index contributed by atoms with van der Waals surface area (Å²) in [5.41, 5.74) is 0.379. The normalized spacial score (nSPS) is 17.0.